The minimum absolute atomic E-state index is 0.00230. The molecule has 2 aromatic rings. The second-order valence-electron chi connectivity index (χ2n) is 6.62. The number of anilines is 1. The van der Waals surface area contributed by atoms with Gasteiger partial charge in [0.15, 0.2) is 0 Å². The van der Waals surface area contributed by atoms with Crippen LogP contribution in [0.25, 0.3) is 0 Å². The molecule has 2 aromatic heterocycles. The van der Waals surface area contributed by atoms with Gasteiger partial charge in [-0.3, -0.25) is 4.79 Å². The molecule has 4 rings (SSSR count). The van der Waals surface area contributed by atoms with Gasteiger partial charge in [-0.15, -0.1) is 11.3 Å². The van der Waals surface area contributed by atoms with E-state index >= 15 is 0 Å². The van der Waals surface area contributed by atoms with Crippen LogP contribution >= 0.6 is 34.5 Å². The Morgan fingerprint density at radius 2 is 2.20 bits per heavy atom. The number of nitrogens with zero attached hydrogens (tertiary/aromatic N) is 3. The Labute approximate surface area is 161 Å². The Hall–Kier alpha value is -1.30. The van der Waals surface area contributed by atoms with Crippen molar-refractivity contribution in [2.45, 2.75) is 25.8 Å². The summed E-state index contributed by atoms with van der Waals surface area (Å²) in [4.78, 5) is 23.0. The molecule has 2 aliphatic heterocycles. The third-order valence-corrected chi connectivity index (χ3v) is 6.49. The zero-order valence-corrected chi connectivity index (χ0v) is 16.1. The first kappa shape index (κ1) is 17.1. The van der Waals surface area contributed by atoms with Crippen molar-refractivity contribution >= 4 is 46.3 Å². The summed E-state index contributed by atoms with van der Waals surface area (Å²) in [5.74, 6) is 0.983. The maximum atomic E-state index is 13.0. The molecule has 4 nitrogen and oxygen atoms in total. The zero-order chi connectivity index (χ0) is 17.4. The molecule has 0 N–H and O–H groups in total. The molecule has 0 saturated carbocycles. The molecule has 1 amide bonds. The molecule has 1 unspecified atom stereocenters. The highest BCUT2D eigenvalue weighted by atomic mass is 35.5. The van der Waals surface area contributed by atoms with E-state index in [4.69, 9.17) is 23.2 Å². The minimum atomic E-state index is 0.00230. The second-order valence-corrected chi connectivity index (χ2v) is 8.47. The van der Waals surface area contributed by atoms with Crippen LogP contribution in [0.2, 0.25) is 10.0 Å². The van der Waals surface area contributed by atoms with Crippen LogP contribution in [0.1, 0.15) is 23.3 Å². The van der Waals surface area contributed by atoms with Crippen molar-refractivity contribution in [3.8, 4) is 0 Å². The van der Waals surface area contributed by atoms with Crippen molar-refractivity contribution in [1.29, 1.82) is 0 Å². The van der Waals surface area contributed by atoms with Gasteiger partial charge >= 0.3 is 0 Å². The number of piperidine rings is 1. The maximum absolute atomic E-state index is 13.0. The number of rotatable bonds is 2. The molecule has 1 fully saturated rings. The SMILES string of the molecule is O=C(C1CCCN(c2ncc(Cl)cc2Cl)C1)N1CCc2sccc2C1. The molecule has 0 bridgehead atoms. The van der Waals surface area contributed by atoms with Crippen LogP contribution in [0.5, 0.6) is 0 Å². The van der Waals surface area contributed by atoms with Crippen LogP contribution < -0.4 is 4.90 Å². The van der Waals surface area contributed by atoms with E-state index < -0.39 is 0 Å². The molecule has 25 heavy (non-hydrogen) atoms. The number of carbonyl (C=O) groups excluding carboxylic acids is 1. The van der Waals surface area contributed by atoms with E-state index in [2.05, 4.69) is 21.3 Å². The third-order valence-electron chi connectivity index (χ3n) is 4.98. The lowest BCUT2D eigenvalue weighted by Crippen LogP contribution is -2.46. The first-order valence-corrected chi connectivity index (χ1v) is 10.2. The lowest BCUT2D eigenvalue weighted by atomic mass is 9.95. The number of hydrogen-bond acceptors (Lipinski definition) is 4. The maximum Gasteiger partial charge on any atom is 0.227 e. The normalized spacial score (nSPS) is 20.5. The zero-order valence-electron chi connectivity index (χ0n) is 13.8. The third kappa shape index (κ3) is 3.50. The van der Waals surface area contributed by atoms with E-state index in [1.165, 1.54) is 10.4 Å². The molecule has 0 aliphatic carbocycles. The average Bonchev–Trinajstić information content (AvgIpc) is 3.09. The van der Waals surface area contributed by atoms with Gasteiger partial charge in [0, 0.05) is 37.3 Å². The molecular formula is C18H19Cl2N3OS. The van der Waals surface area contributed by atoms with E-state index in [1.807, 2.05) is 4.90 Å². The fourth-order valence-corrected chi connectivity index (χ4v) is 5.10. The van der Waals surface area contributed by atoms with Gasteiger partial charge in [0.05, 0.1) is 16.0 Å². The standard InChI is InChI=1S/C18H19Cl2N3OS/c19-14-8-15(20)17(21-9-14)22-5-1-2-13(11-22)18(24)23-6-3-16-12(10-23)4-7-25-16/h4,7-9,13H,1-3,5-6,10-11H2. The van der Waals surface area contributed by atoms with E-state index in [0.29, 0.717) is 16.6 Å². The summed E-state index contributed by atoms with van der Waals surface area (Å²) in [6.07, 6.45) is 4.47. The highest BCUT2D eigenvalue weighted by Gasteiger charge is 2.32. The Bertz CT molecular complexity index is 794. The number of hydrogen-bond donors (Lipinski definition) is 0. The van der Waals surface area contributed by atoms with Crippen LogP contribution in [0.15, 0.2) is 23.7 Å². The number of thiophene rings is 1. The van der Waals surface area contributed by atoms with Gasteiger partial charge in [-0.05, 0) is 42.3 Å². The molecule has 2 aliphatic rings. The molecule has 132 valence electrons. The number of halogens is 2. The van der Waals surface area contributed by atoms with E-state index in [1.54, 1.807) is 23.6 Å². The van der Waals surface area contributed by atoms with Crippen molar-refractivity contribution in [3.05, 3.63) is 44.2 Å². The summed E-state index contributed by atoms with van der Waals surface area (Å²) in [6, 6.07) is 3.85. The molecule has 0 radical (unpaired) electrons. The summed E-state index contributed by atoms with van der Waals surface area (Å²) in [6.45, 7) is 3.10. The Morgan fingerprint density at radius 3 is 3.04 bits per heavy atom. The molecule has 0 aromatic carbocycles. The van der Waals surface area contributed by atoms with Gasteiger partial charge in [0.2, 0.25) is 5.91 Å². The highest BCUT2D eigenvalue weighted by molar-refractivity contribution is 7.10. The van der Waals surface area contributed by atoms with E-state index in [9.17, 15) is 4.79 Å². The lowest BCUT2D eigenvalue weighted by molar-refractivity contribution is -0.136. The number of carbonyl (C=O) groups is 1. The fraction of sp³-hybridized carbons (Fsp3) is 0.444. The Morgan fingerprint density at radius 1 is 1.32 bits per heavy atom. The van der Waals surface area contributed by atoms with Crippen LogP contribution in [-0.4, -0.2) is 35.4 Å². The molecule has 1 atom stereocenters. The summed E-state index contributed by atoms with van der Waals surface area (Å²) in [5, 5.41) is 3.19. The van der Waals surface area contributed by atoms with Crippen LogP contribution in [-0.2, 0) is 17.8 Å². The van der Waals surface area contributed by atoms with Gasteiger partial charge in [0.1, 0.15) is 5.82 Å². The van der Waals surface area contributed by atoms with Gasteiger partial charge in [-0.25, -0.2) is 4.98 Å². The number of amides is 1. The van der Waals surface area contributed by atoms with Crippen molar-refractivity contribution in [2.75, 3.05) is 24.5 Å². The topological polar surface area (TPSA) is 36.4 Å². The largest absolute Gasteiger partial charge is 0.355 e. The first-order valence-electron chi connectivity index (χ1n) is 8.52. The summed E-state index contributed by atoms with van der Waals surface area (Å²) >= 11 is 14.0. The average molecular weight is 396 g/mol. The van der Waals surface area contributed by atoms with Crippen LogP contribution in [0, 0.1) is 5.92 Å². The molecule has 1 saturated heterocycles. The summed E-state index contributed by atoms with van der Waals surface area (Å²) in [7, 11) is 0. The van der Waals surface area contributed by atoms with E-state index in [0.717, 1.165) is 44.7 Å². The molecule has 0 spiro atoms. The fourth-order valence-electron chi connectivity index (χ4n) is 3.71. The number of pyridine rings is 1. The Balaban J connectivity index is 1.47. The first-order chi connectivity index (χ1) is 12.1. The van der Waals surface area contributed by atoms with Crippen molar-refractivity contribution < 1.29 is 4.79 Å². The van der Waals surface area contributed by atoms with Crippen molar-refractivity contribution in [1.82, 2.24) is 9.88 Å². The van der Waals surface area contributed by atoms with Crippen molar-refractivity contribution in [3.63, 3.8) is 0 Å². The molecule has 4 heterocycles. The van der Waals surface area contributed by atoms with Gasteiger partial charge in [-0.1, -0.05) is 23.2 Å². The number of aromatic nitrogens is 1. The monoisotopic (exact) mass is 395 g/mol. The van der Waals surface area contributed by atoms with Crippen molar-refractivity contribution in [2.24, 2.45) is 5.92 Å². The van der Waals surface area contributed by atoms with Gasteiger partial charge in [0.25, 0.3) is 0 Å². The quantitative estimate of drug-likeness (QED) is 0.762. The summed E-state index contributed by atoms with van der Waals surface area (Å²) in [5.41, 5.74) is 1.31. The van der Waals surface area contributed by atoms with E-state index in [-0.39, 0.29) is 11.8 Å². The molecular weight excluding hydrogens is 377 g/mol. The van der Waals surface area contributed by atoms with Crippen LogP contribution in [0.3, 0.4) is 0 Å². The lowest BCUT2D eigenvalue weighted by Gasteiger charge is -2.37. The number of fused-ring (bicyclic) bond motifs is 1. The highest BCUT2D eigenvalue weighted by Crippen LogP contribution is 2.31. The predicted molar refractivity (Wildman–Crippen MR) is 103 cm³/mol. The molecule has 7 heteroatoms. The summed E-state index contributed by atoms with van der Waals surface area (Å²) < 4.78 is 0. The van der Waals surface area contributed by atoms with Crippen LogP contribution in [0.4, 0.5) is 5.82 Å². The predicted octanol–water partition coefficient (Wildman–Crippen LogP) is 4.25. The van der Waals surface area contributed by atoms with Gasteiger partial charge < -0.3 is 9.80 Å². The minimum Gasteiger partial charge on any atom is -0.355 e. The van der Waals surface area contributed by atoms with Gasteiger partial charge in [-0.2, -0.15) is 0 Å². The second kappa shape index (κ2) is 7.14. The smallest absolute Gasteiger partial charge is 0.227 e. The Kier molecular flexibility index (Phi) is 4.89.